The molecular formula is C21H36N6. The van der Waals surface area contributed by atoms with Crippen LogP contribution in [-0.2, 0) is 19.0 Å². The number of hydrogen-bond acceptors (Lipinski definition) is 4. The van der Waals surface area contributed by atoms with E-state index in [0.717, 1.165) is 19.6 Å². The van der Waals surface area contributed by atoms with Crippen LogP contribution in [0.1, 0.15) is 63.4 Å². The molecule has 1 N–H and O–H groups in total. The molecule has 2 atom stereocenters. The lowest BCUT2D eigenvalue weighted by Gasteiger charge is -2.42. The van der Waals surface area contributed by atoms with Gasteiger partial charge in [-0.25, -0.2) is 0 Å². The van der Waals surface area contributed by atoms with E-state index in [1.54, 1.807) is 0 Å². The van der Waals surface area contributed by atoms with Crippen LogP contribution in [0.15, 0.2) is 18.6 Å². The number of aromatic amines is 1. The van der Waals surface area contributed by atoms with Gasteiger partial charge in [0.25, 0.3) is 0 Å². The van der Waals surface area contributed by atoms with Crippen molar-refractivity contribution in [2.75, 3.05) is 26.7 Å². The summed E-state index contributed by atoms with van der Waals surface area (Å²) in [6.07, 6.45) is 8.80. The number of aryl methyl sites for hydroxylation is 1. The Balaban J connectivity index is 1.73. The van der Waals surface area contributed by atoms with E-state index in [2.05, 4.69) is 72.2 Å². The molecule has 0 amide bonds. The lowest BCUT2D eigenvalue weighted by atomic mass is 9.85. The fourth-order valence-corrected chi connectivity index (χ4v) is 4.61. The molecule has 6 nitrogen and oxygen atoms in total. The highest BCUT2D eigenvalue weighted by Crippen LogP contribution is 2.36. The monoisotopic (exact) mass is 372 g/mol. The van der Waals surface area contributed by atoms with Gasteiger partial charge in [0.15, 0.2) is 0 Å². The van der Waals surface area contributed by atoms with Gasteiger partial charge in [-0.05, 0) is 38.9 Å². The molecule has 1 aliphatic heterocycles. The predicted octanol–water partition coefficient (Wildman–Crippen LogP) is 3.35. The van der Waals surface area contributed by atoms with E-state index in [1.807, 2.05) is 17.9 Å². The van der Waals surface area contributed by atoms with Gasteiger partial charge < -0.3 is 4.90 Å². The SMILES string of the molecule is CCN1CCC[C@@H](CN(C)Cc2cn[nH]c2C(C)(C)C)[C@@H]1c1cnn(C)c1. The number of nitrogens with one attached hydrogen (secondary N) is 1. The summed E-state index contributed by atoms with van der Waals surface area (Å²) in [5.41, 5.74) is 4.01. The molecule has 0 radical (unpaired) electrons. The quantitative estimate of drug-likeness (QED) is 0.845. The van der Waals surface area contributed by atoms with Crippen LogP contribution in [-0.4, -0.2) is 56.5 Å². The maximum Gasteiger partial charge on any atom is 0.0537 e. The molecule has 1 saturated heterocycles. The van der Waals surface area contributed by atoms with Crippen LogP contribution in [0, 0.1) is 5.92 Å². The number of likely N-dealkylation sites (tertiary alicyclic amines) is 1. The Morgan fingerprint density at radius 3 is 2.70 bits per heavy atom. The number of hydrogen-bond donors (Lipinski definition) is 1. The van der Waals surface area contributed by atoms with E-state index in [0.29, 0.717) is 12.0 Å². The Labute approximate surface area is 163 Å². The largest absolute Gasteiger partial charge is 0.302 e. The highest BCUT2D eigenvalue weighted by molar-refractivity contribution is 5.23. The van der Waals surface area contributed by atoms with Crippen molar-refractivity contribution in [1.29, 1.82) is 0 Å². The molecule has 0 aromatic carbocycles. The third-order valence-corrected chi connectivity index (χ3v) is 5.79. The third kappa shape index (κ3) is 4.61. The second kappa shape index (κ2) is 8.15. The van der Waals surface area contributed by atoms with E-state index in [4.69, 9.17) is 0 Å². The van der Waals surface area contributed by atoms with Crippen molar-refractivity contribution in [3.8, 4) is 0 Å². The molecule has 1 aliphatic rings. The zero-order valence-electron chi connectivity index (χ0n) is 17.9. The second-order valence-corrected chi connectivity index (χ2v) is 9.14. The molecule has 0 unspecified atom stereocenters. The summed E-state index contributed by atoms with van der Waals surface area (Å²) >= 11 is 0. The molecule has 6 heteroatoms. The predicted molar refractivity (Wildman–Crippen MR) is 110 cm³/mol. The normalized spacial score (nSPS) is 21.9. The smallest absolute Gasteiger partial charge is 0.0537 e. The molecule has 150 valence electrons. The molecular weight excluding hydrogens is 336 g/mol. The van der Waals surface area contributed by atoms with Gasteiger partial charge in [-0.15, -0.1) is 0 Å². The van der Waals surface area contributed by atoms with Crippen LogP contribution in [0.25, 0.3) is 0 Å². The zero-order valence-corrected chi connectivity index (χ0v) is 17.9. The summed E-state index contributed by atoms with van der Waals surface area (Å²) in [6, 6.07) is 0.464. The molecule has 2 aromatic rings. The molecule has 0 spiro atoms. The highest BCUT2D eigenvalue weighted by atomic mass is 15.3. The summed E-state index contributed by atoms with van der Waals surface area (Å²) in [5, 5.41) is 12.0. The van der Waals surface area contributed by atoms with E-state index < -0.39 is 0 Å². The van der Waals surface area contributed by atoms with Crippen LogP contribution >= 0.6 is 0 Å². The average molecular weight is 373 g/mol. The maximum absolute atomic E-state index is 4.44. The van der Waals surface area contributed by atoms with Crippen molar-refractivity contribution in [2.24, 2.45) is 13.0 Å². The van der Waals surface area contributed by atoms with Crippen LogP contribution in [0.4, 0.5) is 0 Å². The molecule has 0 saturated carbocycles. The summed E-state index contributed by atoms with van der Waals surface area (Å²) in [6.45, 7) is 13.3. The Bertz CT molecular complexity index is 725. The molecule has 3 rings (SSSR count). The van der Waals surface area contributed by atoms with Crippen LogP contribution in [0.5, 0.6) is 0 Å². The minimum absolute atomic E-state index is 0.0920. The van der Waals surface area contributed by atoms with Gasteiger partial charge in [0.2, 0.25) is 0 Å². The van der Waals surface area contributed by atoms with Crippen LogP contribution < -0.4 is 0 Å². The molecule has 2 aromatic heterocycles. The maximum atomic E-state index is 4.44. The minimum Gasteiger partial charge on any atom is -0.302 e. The van der Waals surface area contributed by atoms with Gasteiger partial charge in [-0.2, -0.15) is 10.2 Å². The number of rotatable bonds is 6. The first-order valence-electron chi connectivity index (χ1n) is 10.2. The van der Waals surface area contributed by atoms with E-state index in [9.17, 15) is 0 Å². The lowest BCUT2D eigenvalue weighted by molar-refractivity contribution is 0.0748. The van der Waals surface area contributed by atoms with Gasteiger partial charge >= 0.3 is 0 Å². The van der Waals surface area contributed by atoms with Gasteiger partial charge in [0.05, 0.1) is 12.4 Å². The van der Waals surface area contributed by atoms with Crippen molar-refractivity contribution in [1.82, 2.24) is 29.8 Å². The molecule has 0 aliphatic carbocycles. The Kier molecular flexibility index (Phi) is 6.06. The van der Waals surface area contributed by atoms with Gasteiger partial charge in [-0.3, -0.25) is 14.7 Å². The van der Waals surface area contributed by atoms with E-state index in [-0.39, 0.29) is 5.41 Å². The summed E-state index contributed by atoms with van der Waals surface area (Å²) in [5.74, 6) is 0.623. The number of aromatic nitrogens is 4. The Hall–Kier alpha value is -1.66. The van der Waals surface area contributed by atoms with E-state index >= 15 is 0 Å². The first-order chi connectivity index (χ1) is 12.8. The third-order valence-electron chi connectivity index (χ3n) is 5.79. The van der Waals surface area contributed by atoms with E-state index in [1.165, 1.54) is 36.2 Å². The van der Waals surface area contributed by atoms with Crippen molar-refractivity contribution >= 4 is 0 Å². The fraction of sp³-hybridized carbons (Fsp3) is 0.714. The molecule has 27 heavy (non-hydrogen) atoms. The first-order valence-corrected chi connectivity index (χ1v) is 10.2. The van der Waals surface area contributed by atoms with Crippen molar-refractivity contribution in [3.63, 3.8) is 0 Å². The highest BCUT2D eigenvalue weighted by Gasteiger charge is 2.33. The van der Waals surface area contributed by atoms with Crippen molar-refractivity contribution < 1.29 is 0 Å². The molecule has 3 heterocycles. The van der Waals surface area contributed by atoms with Gasteiger partial charge in [0, 0.05) is 54.6 Å². The van der Waals surface area contributed by atoms with Crippen LogP contribution in [0.2, 0.25) is 0 Å². The standard InChI is InChI=1S/C21H36N6/c1-7-27-10-8-9-16(19(27)17-12-23-26(6)15-17)13-25(5)14-18-11-22-24-20(18)21(2,3)4/h11-12,15-16,19H,7-10,13-14H2,1-6H3,(H,22,24)/t16-,19+/m0/s1. The molecule has 1 fully saturated rings. The summed E-state index contributed by atoms with van der Waals surface area (Å²) in [4.78, 5) is 5.09. The Morgan fingerprint density at radius 1 is 1.30 bits per heavy atom. The van der Waals surface area contributed by atoms with Crippen molar-refractivity contribution in [2.45, 2.75) is 58.5 Å². The topological polar surface area (TPSA) is 53.0 Å². The van der Waals surface area contributed by atoms with Crippen molar-refractivity contribution in [3.05, 3.63) is 35.4 Å². The number of nitrogens with zero attached hydrogens (tertiary/aromatic N) is 5. The fourth-order valence-electron chi connectivity index (χ4n) is 4.61. The second-order valence-electron chi connectivity index (χ2n) is 9.14. The average Bonchev–Trinajstić information content (AvgIpc) is 3.23. The Morgan fingerprint density at radius 2 is 2.07 bits per heavy atom. The minimum atomic E-state index is 0.0920. The first kappa shape index (κ1) is 20.1. The number of piperidine rings is 1. The zero-order chi connectivity index (χ0) is 19.6. The van der Waals surface area contributed by atoms with Crippen LogP contribution in [0.3, 0.4) is 0 Å². The summed E-state index contributed by atoms with van der Waals surface area (Å²) in [7, 11) is 4.25. The van der Waals surface area contributed by atoms with Gasteiger partial charge in [0.1, 0.15) is 0 Å². The molecule has 0 bridgehead atoms. The summed E-state index contributed by atoms with van der Waals surface area (Å²) < 4.78 is 1.93. The number of H-pyrrole nitrogens is 1. The van der Waals surface area contributed by atoms with Gasteiger partial charge in [-0.1, -0.05) is 27.7 Å². The lowest BCUT2D eigenvalue weighted by Crippen LogP contribution is -2.42.